The number of nitrogens with one attached hydrogen (secondary N) is 2. The fraction of sp³-hybridized carbons (Fsp3) is 0.333. The van der Waals surface area contributed by atoms with Crippen LogP contribution in [0.1, 0.15) is 18.4 Å². The third-order valence-electron chi connectivity index (χ3n) is 4.15. The molecule has 1 aromatic rings. The number of anilines is 1. The average molecular weight is 323 g/mol. The number of carbonyl (C=O) groups excluding carboxylic acids is 2. The van der Waals surface area contributed by atoms with Gasteiger partial charge in [-0.3, -0.25) is 9.59 Å². The highest BCUT2D eigenvalue weighted by atomic mass is 19.4. The van der Waals surface area contributed by atoms with Crippen molar-refractivity contribution in [2.45, 2.75) is 19.0 Å². The first kappa shape index (κ1) is 15.4. The maximum atomic E-state index is 12.8. The van der Waals surface area contributed by atoms with Crippen LogP contribution in [0.2, 0.25) is 0 Å². The molecule has 2 N–H and O–H groups in total. The van der Waals surface area contributed by atoms with E-state index in [0.29, 0.717) is 4.90 Å². The van der Waals surface area contributed by atoms with Crippen molar-refractivity contribution in [2.75, 3.05) is 4.90 Å². The molecule has 1 heterocycles. The van der Waals surface area contributed by atoms with Crippen LogP contribution in [0.25, 0.3) is 0 Å². The number of nitrogens with zero attached hydrogens (tertiary/aromatic N) is 1. The van der Waals surface area contributed by atoms with E-state index in [1.54, 1.807) is 0 Å². The summed E-state index contributed by atoms with van der Waals surface area (Å²) in [5.74, 6) is -3.57. The average Bonchev–Trinajstić information content (AvgIpc) is 2.75. The van der Waals surface area contributed by atoms with Crippen LogP contribution in [0.4, 0.5) is 18.9 Å². The minimum atomic E-state index is -4.59. The molecular weight excluding hydrogens is 311 g/mol. The summed E-state index contributed by atoms with van der Waals surface area (Å²) in [6.45, 7) is 0. The van der Waals surface area contributed by atoms with Crippen molar-refractivity contribution >= 4 is 28.9 Å². The summed E-state index contributed by atoms with van der Waals surface area (Å²) < 4.78 is 38.4. The van der Waals surface area contributed by atoms with Gasteiger partial charge in [0.25, 0.3) is 0 Å². The van der Waals surface area contributed by atoms with E-state index in [4.69, 9.17) is 10.8 Å². The van der Waals surface area contributed by atoms with E-state index >= 15 is 0 Å². The lowest BCUT2D eigenvalue weighted by Gasteiger charge is -2.22. The molecule has 0 bridgehead atoms. The molecule has 23 heavy (non-hydrogen) atoms. The molecule has 1 saturated carbocycles. The van der Waals surface area contributed by atoms with Gasteiger partial charge in [0, 0.05) is 11.4 Å². The van der Waals surface area contributed by atoms with E-state index < -0.39 is 35.4 Å². The molecule has 2 unspecified atom stereocenters. The SMILES string of the molecule is N=C1CCC(=N)C2C(=O)N(c3cccc(C(F)(F)F)c3)C(=O)C12. The second-order valence-corrected chi connectivity index (χ2v) is 5.57. The first-order valence-corrected chi connectivity index (χ1v) is 6.91. The molecule has 0 spiro atoms. The number of imide groups is 1. The van der Waals surface area contributed by atoms with E-state index in [1.165, 1.54) is 6.07 Å². The number of alkyl halides is 3. The highest BCUT2D eigenvalue weighted by molar-refractivity contribution is 6.34. The van der Waals surface area contributed by atoms with Gasteiger partial charge in [-0.05, 0) is 31.0 Å². The van der Waals surface area contributed by atoms with Gasteiger partial charge in [0.1, 0.15) is 0 Å². The third-order valence-corrected chi connectivity index (χ3v) is 4.15. The number of rotatable bonds is 1. The quantitative estimate of drug-likeness (QED) is 0.779. The summed E-state index contributed by atoms with van der Waals surface area (Å²) in [5.41, 5.74) is -1.03. The van der Waals surface area contributed by atoms with Crippen molar-refractivity contribution in [3.63, 3.8) is 0 Å². The predicted molar refractivity (Wildman–Crippen MR) is 75.6 cm³/mol. The first-order valence-electron chi connectivity index (χ1n) is 6.91. The van der Waals surface area contributed by atoms with Gasteiger partial charge in [0.15, 0.2) is 0 Å². The van der Waals surface area contributed by atoms with E-state index in [0.717, 1.165) is 18.2 Å². The maximum Gasteiger partial charge on any atom is 0.416 e. The molecule has 2 fully saturated rings. The minimum Gasteiger partial charge on any atom is -0.309 e. The number of halogens is 3. The van der Waals surface area contributed by atoms with Gasteiger partial charge in [0.05, 0.1) is 23.1 Å². The van der Waals surface area contributed by atoms with Crippen molar-refractivity contribution in [3.05, 3.63) is 29.8 Å². The second kappa shape index (κ2) is 5.00. The molecule has 3 rings (SSSR count). The Balaban J connectivity index is 2.04. The summed E-state index contributed by atoms with van der Waals surface area (Å²) in [5, 5.41) is 15.7. The van der Waals surface area contributed by atoms with Crippen molar-refractivity contribution < 1.29 is 22.8 Å². The van der Waals surface area contributed by atoms with Crippen LogP contribution in [0.3, 0.4) is 0 Å². The van der Waals surface area contributed by atoms with Crippen LogP contribution in [-0.2, 0) is 15.8 Å². The molecule has 1 aliphatic carbocycles. The van der Waals surface area contributed by atoms with Crippen LogP contribution in [0, 0.1) is 22.7 Å². The molecule has 2 amide bonds. The number of carbonyl (C=O) groups is 2. The third kappa shape index (κ3) is 2.34. The summed E-state index contributed by atoms with van der Waals surface area (Å²) >= 11 is 0. The van der Waals surface area contributed by atoms with Crippen molar-refractivity contribution in [2.24, 2.45) is 11.8 Å². The fourth-order valence-electron chi connectivity index (χ4n) is 3.03. The zero-order valence-corrected chi connectivity index (χ0v) is 11.8. The Labute approximate surface area is 129 Å². The van der Waals surface area contributed by atoms with Gasteiger partial charge in [0.2, 0.25) is 11.8 Å². The first-order chi connectivity index (χ1) is 10.7. The van der Waals surface area contributed by atoms with E-state index in [1.807, 2.05) is 0 Å². The van der Waals surface area contributed by atoms with Gasteiger partial charge in [-0.1, -0.05) is 6.07 Å². The van der Waals surface area contributed by atoms with E-state index in [2.05, 4.69) is 0 Å². The van der Waals surface area contributed by atoms with Gasteiger partial charge < -0.3 is 10.8 Å². The Hall–Kier alpha value is -2.51. The van der Waals surface area contributed by atoms with Gasteiger partial charge in [-0.15, -0.1) is 0 Å². The summed E-state index contributed by atoms with van der Waals surface area (Å²) in [6.07, 6.45) is -4.15. The number of hydrogen-bond acceptors (Lipinski definition) is 4. The molecule has 2 atom stereocenters. The number of hydrogen-bond donors (Lipinski definition) is 2. The van der Waals surface area contributed by atoms with Gasteiger partial charge >= 0.3 is 6.18 Å². The van der Waals surface area contributed by atoms with Crippen LogP contribution in [0.5, 0.6) is 0 Å². The Kier molecular flexibility index (Phi) is 3.35. The smallest absolute Gasteiger partial charge is 0.309 e. The van der Waals surface area contributed by atoms with Crippen LogP contribution in [0.15, 0.2) is 24.3 Å². The molecule has 1 saturated heterocycles. The van der Waals surface area contributed by atoms with Gasteiger partial charge in [-0.2, -0.15) is 13.2 Å². The molecule has 0 aromatic heterocycles. The molecule has 120 valence electrons. The monoisotopic (exact) mass is 323 g/mol. The Morgan fingerprint density at radius 1 is 1.00 bits per heavy atom. The lowest BCUT2D eigenvalue weighted by molar-refractivity contribution is -0.137. The van der Waals surface area contributed by atoms with Crippen molar-refractivity contribution in [1.82, 2.24) is 0 Å². The number of fused-ring (bicyclic) bond motifs is 1. The summed E-state index contributed by atoms with van der Waals surface area (Å²) in [7, 11) is 0. The normalized spacial score (nSPS) is 25.1. The molecule has 1 aromatic carbocycles. The lowest BCUT2D eigenvalue weighted by Crippen LogP contribution is -2.36. The van der Waals surface area contributed by atoms with Crippen LogP contribution < -0.4 is 4.90 Å². The second-order valence-electron chi connectivity index (χ2n) is 5.57. The molecule has 1 aliphatic heterocycles. The molecule has 0 radical (unpaired) electrons. The van der Waals surface area contributed by atoms with E-state index in [-0.39, 0.29) is 30.0 Å². The zero-order chi connectivity index (χ0) is 16.9. The van der Waals surface area contributed by atoms with Crippen molar-refractivity contribution in [3.8, 4) is 0 Å². The molecule has 2 aliphatic rings. The highest BCUT2D eigenvalue weighted by Gasteiger charge is 2.53. The number of benzene rings is 1. The summed E-state index contributed by atoms with van der Waals surface area (Å²) in [6, 6.07) is 3.96. The standard InChI is InChI=1S/C15H12F3N3O2/c16-15(17,18)7-2-1-3-8(6-7)21-13(22)11-9(19)4-5-10(20)12(11)14(21)23/h1-3,6,11-12,19-20H,4-5H2. The largest absolute Gasteiger partial charge is 0.416 e. The van der Waals surface area contributed by atoms with Crippen LogP contribution >= 0.6 is 0 Å². The minimum absolute atomic E-state index is 0.0545. The maximum absolute atomic E-state index is 12.8. The Morgan fingerprint density at radius 2 is 1.52 bits per heavy atom. The Bertz CT molecular complexity index is 708. The van der Waals surface area contributed by atoms with Crippen LogP contribution in [-0.4, -0.2) is 23.2 Å². The van der Waals surface area contributed by atoms with E-state index in [9.17, 15) is 22.8 Å². The summed E-state index contributed by atoms with van der Waals surface area (Å²) in [4.78, 5) is 25.6. The number of amides is 2. The van der Waals surface area contributed by atoms with Crippen molar-refractivity contribution in [1.29, 1.82) is 10.8 Å². The Morgan fingerprint density at radius 3 is 2.00 bits per heavy atom. The topological polar surface area (TPSA) is 85.1 Å². The highest BCUT2D eigenvalue weighted by Crippen LogP contribution is 2.38. The van der Waals surface area contributed by atoms with Gasteiger partial charge in [-0.25, -0.2) is 4.90 Å². The predicted octanol–water partition coefficient (Wildman–Crippen LogP) is 2.64. The molecule has 5 nitrogen and oxygen atoms in total. The zero-order valence-electron chi connectivity index (χ0n) is 11.8. The lowest BCUT2D eigenvalue weighted by atomic mass is 9.78. The fourth-order valence-corrected chi connectivity index (χ4v) is 3.03. The molecular formula is C15H12F3N3O2. The molecule has 8 heteroatoms.